The highest BCUT2D eigenvalue weighted by atomic mass is 79.9. The maximum absolute atomic E-state index is 11.4. The van der Waals surface area contributed by atoms with Gasteiger partial charge < -0.3 is 0 Å². The molecule has 8 heteroatoms. The van der Waals surface area contributed by atoms with Crippen LogP contribution >= 0.6 is 15.9 Å². The Labute approximate surface area is 119 Å². The second kappa shape index (κ2) is 5.03. The van der Waals surface area contributed by atoms with Crippen LogP contribution in [0.5, 0.6) is 0 Å². The third kappa shape index (κ3) is 2.70. The second-order valence-electron chi connectivity index (χ2n) is 4.08. The van der Waals surface area contributed by atoms with Gasteiger partial charge in [0.15, 0.2) is 5.82 Å². The predicted molar refractivity (Wildman–Crippen MR) is 74.9 cm³/mol. The van der Waals surface area contributed by atoms with Gasteiger partial charge in [-0.15, -0.1) is 10.2 Å². The zero-order valence-corrected chi connectivity index (χ0v) is 12.9. The Bertz CT molecular complexity index is 724. The molecule has 0 aliphatic heterocycles. The van der Waals surface area contributed by atoms with E-state index >= 15 is 0 Å². The lowest BCUT2D eigenvalue weighted by Gasteiger charge is -2.08. The van der Waals surface area contributed by atoms with Crippen LogP contribution in [0, 0.1) is 6.92 Å². The van der Waals surface area contributed by atoms with E-state index in [-0.39, 0.29) is 5.16 Å². The molecule has 0 spiro atoms. The molecule has 0 radical (unpaired) electrons. The molecule has 2 aromatic rings. The van der Waals surface area contributed by atoms with Crippen molar-refractivity contribution >= 4 is 26.0 Å². The summed E-state index contributed by atoms with van der Waals surface area (Å²) in [4.78, 5) is 0. The van der Waals surface area contributed by atoms with Gasteiger partial charge in [-0.2, -0.15) is 0 Å². The van der Waals surface area contributed by atoms with Crippen molar-refractivity contribution in [2.45, 2.75) is 25.5 Å². The van der Waals surface area contributed by atoms with Crippen LogP contribution in [-0.2, 0) is 16.6 Å². The van der Waals surface area contributed by atoms with Crippen molar-refractivity contribution in [1.82, 2.24) is 14.8 Å². The van der Waals surface area contributed by atoms with Crippen molar-refractivity contribution < 1.29 is 8.42 Å². The fourth-order valence-electron chi connectivity index (χ4n) is 1.78. The zero-order valence-electron chi connectivity index (χ0n) is 10.5. The standard InChI is InChI=1S/C11H13BrN4O2S/c1-3-16-10(14-15-11(16)19(13,17)18)8-5-4-7(2)6-9(8)12/h4-6H,3H2,1-2H3,(H2,13,17,18). The van der Waals surface area contributed by atoms with E-state index in [4.69, 9.17) is 5.14 Å². The summed E-state index contributed by atoms with van der Waals surface area (Å²) >= 11 is 3.45. The number of primary sulfonamides is 1. The van der Waals surface area contributed by atoms with Gasteiger partial charge >= 0.3 is 0 Å². The highest BCUT2D eigenvalue weighted by Crippen LogP contribution is 2.28. The maximum atomic E-state index is 11.4. The smallest absolute Gasteiger partial charge is 0.273 e. The van der Waals surface area contributed by atoms with Gasteiger partial charge in [0.05, 0.1) is 0 Å². The predicted octanol–water partition coefficient (Wildman–Crippen LogP) is 1.68. The Hall–Kier alpha value is -1.25. The van der Waals surface area contributed by atoms with Crippen molar-refractivity contribution in [2.75, 3.05) is 0 Å². The van der Waals surface area contributed by atoms with E-state index in [1.54, 1.807) is 0 Å². The van der Waals surface area contributed by atoms with Gasteiger partial charge in [-0.1, -0.05) is 22.0 Å². The molecule has 0 aliphatic rings. The van der Waals surface area contributed by atoms with Gasteiger partial charge in [-0.3, -0.25) is 4.57 Å². The van der Waals surface area contributed by atoms with Gasteiger partial charge in [0.2, 0.25) is 0 Å². The SMILES string of the molecule is CCn1c(-c2ccc(C)cc2Br)nnc1S(N)(=O)=O. The number of rotatable bonds is 3. The fourth-order valence-corrected chi connectivity index (χ4v) is 3.13. The van der Waals surface area contributed by atoms with Crippen LogP contribution in [-0.4, -0.2) is 23.2 Å². The molecule has 0 atom stereocenters. The van der Waals surface area contributed by atoms with Crippen LogP contribution in [0.1, 0.15) is 12.5 Å². The molecule has 1 aromatic heterocycles. The quantitative estimate of drug-likeness (QED) is 0.916. The number of sulfonamides is 1. The molecule has 0 unspecified atom stereocenters. The topological polar surface area (TPSA) is 90.9 Å². The van der Waals surface area contributed by atoms with Gasteiger partial charge in [0.1, 0.15) is 0 Å². The highest BCUT2D eigenvalue weighted by molar-refractivity contribution is 9.10. The molecule has 1 heterocycles. The molecular weight excluding hydrogens is 332 g/mol. The van der Waals surface area contributed by atoms with Crippen molar-refractivity contribution in [3.05, 3.63) is 28.2 Å². The van der Waals surface area contributed by atoms with Crippen LogP contribution in [0.15, 0.2) is 27.8 Å². The van der Waals surface area contributed by atoms with E-state index < -0.39 is 10.0 Å². The average Bonchev–Trinajstić information content (AvgIpc) is 2.72. The highest BCUT2D eigenvalue weighted by Gasteiger charge is 2.21. The van der Waals surface area contributed by atoms with E-state index in [1.165, 1.54) is 4.57 Å². The minimum absolute atomic E-state index is 0.225. The van der Waals surface area contributed by atoms with Gasteiger partial charge in [-0.05, 0) is 31.5 Å². The fraction of sp³-hybridized carbons (Fsp3) is 0.273. The molecular formula is C11H13BrN4O2S. The van der Waals surface area contributed by atoms with E-state index in [0.717, 1.165) is 15.6 Å². The minimum atomic E-state index is -3.88. The summed E-state index contributed by atoms with van der Waals surface area (Å²) in [6.07, 6.45) is 0. The first-order chi connectivity index (χ1) is 8.84. The Morgan fingerprint density at radius 1 is 1.37 bits per heavy atom. The summed E-state index contributed by atoms with van der Waals surface area (Å²) in [5.74, 6) is 0.471. The normalized spacial score (nSPS) is 11.8. The summed E-state index contributed by atoms with van der Waals surface area (Å²) in [6, 6.07) is 5.72. The minimum Gasteiger partial charge on any atom is -0.297 e. The molecule has 0 amide bonds. The Morgan fingerprint density at radius 3 is 2.58 bits per heavy atom. The molecule has 0 aliphatic carbocycles. The lowest BCUT2D eigenvalue weighted by atomic mass is 10.1. The number of nitrogens with two attached hydrogens (primary N) is 1. The van der Waals surface area contributed by atoms with E-state index in [2.05, 4.69) is 26.1 Å². The van der Waals surface area contributed by atoms with E-state index in [1.807, 2.05) is 32.0 Å². The number of halogens is 1. The largest absolute Gasteiger partial charge is 0.297 e. The molecule has 6 nitrogen and oxygen atoms in total. The Balaban J connectivity index is 2.67. The lowest BCUT2D eigenvalue weighted by Crippen LogP contribution is -2.18. The number of nitrogens with zero attached hydrogens (tertiary/aromatic N) is 3. The van der Waals surface area contributed by atoms with E-state index in [0.29, 0.717) is 12.4 Å². The van der Waals surface area contributed by atoms with Gasteiger partial charge in [-0.25, -0.2) is 13.6 Å². The number of hydrogen-bond donors (Lipinski definition) is 1. The monoisotopic (exact) mass is 344 g/mol. The first kappa shape index (κ1) is 14.2. The third-order valence-corrected chi connectivity index (χ3v) is 4.12. The molecule has 19 heavy (non-hydrogen) atoms. The van der Waals surface area contributed by atoms with Crippen LogP contribution in [0.2, 0.25) is 0 Å². The summed E-state index contributed by atoms with van der Waals surface area (Å²) in [5.41, 5.74) is 1.86. The molecule has 2 rings (SSSR count). The number of hydrogen-bond acceptors (Lipinski definition) is 4. The van der Waals surface area contributed by atoms with Crippen LogP contribution in [0.25, 0.3) is 11.4 Å². The van der Waals surface area contributed by atoms with Crippen molar-refractivity contribution in [1.29, 1.82) is 0 Å². The summed E-state index contributed by atoms with van der Waals surface area (Å²) < 4.78 is 25.2. The van der Waals surface area contributed by atoms with Crippen molar-refractivity contribution in [3.8, 4) is 11.4 Å². The van der Waals surface area contributed by atoms with Crippen LogP contribution < -0.4 is 5.14 Å². The second-order valence-corrected chi connectivity index (χ2v) is 6.39. The van der Waals surface area contributed by atoms with Gasteiger partial charge in [0.25, 0.3) is 15.2 Å². The molecule has 0 saturated carbocycles. The van der Waals surface area contributed by atoms with Crippen LogP contribution in [0.3, 0.4) is 0 Å². The molecule has 102 valence electrons. The maximum Gasteiger partial charge on any atom is 0.273 e. The van der Waals surface area contributed by atoms with Crippen molar-refractivity contribution in [3.63, 3.8) is 0 Å². The molecule has 0 saturated heterocycles. The van der Waals surface area contributed by atoms with Crippen LogP contribution in [0.4, 0.5) is 0 Å². The molecule has 1 aromatic carbocycles. The Kier molecular flexibility index (Phi) is 3.75. The number of aryl methyl sites for hydroxylation is 1. The summed E-state index contributed by atoms with van der Waals surface area (Å²) in [5, 5.41) is 12.5. The summed E-state index contributed by atoms with van der Waals surface area (Å²) in [6.45, 7) is 4.19. The lowest BCUT2D eigenvalue weighted by molar-refractivity contribution is 0.571. The number of benzene rings is 1. The van der Waals surface area contributed by atoms with E-state index in [9.17, 15) is 8.42 Å². The first-order valence-corrected chi connectivity index (χ1v) is 7.91. The third-order valence-electron chi connectivity index (χ3n) is 2.65. The Morgan fingerprint density at radius 2 is 2.05 bits per heavy atom. The first-order valence-electron chi connectivity index (χ1n) is 5.57. The average molecular weight is 345 g/mol. The van der Waals surface area contributed by atoms with Crippen molar-refractivity contribution in [2.24, 2.45) is 5.14 Å². The summed E-state index contributed by atoms with van der Waals surface area (Å²) in [7, 11) is -3.88. The molecule has 0 fully saturated rings. The molecule has 0 bridgehead atoms. The molecule has 2 N–H and O–H groups in total. The number of aromatic nitrogens is 3. The zero-order chi connectivity index (χ0) is 14.2. The van der Waals surface area contributed by atoms with Gasteiger partial charge in [0, 0.05) is 16.6 Å².